The van der Waals surface area contributed by atoms with Gasteiger partial charge in [-0.3, -0.25) is 0 Å². The molecular weight excluding hydrogens is 198 g/mol. The van der Waals surface area contributed by atoms with Gasteiger partial charge in [0.15, 0.2) is 0 Å². The van der Waals surface area contributed by atoms with Crippen LogP contribution in [0.4, 0.5) is 0 Å². The second kappa shape index (κ2) is 5.35. The molecule has 0 spiro atoms. The number of para-hydroxylation sites is 1. The molecule has 0 bridgehead atoms. The van der Waals surface area contributed by atoms with Crippen molar-refractivity contribution in [2.75, 3.05) is 13.1 Å². The van der Waals surface area contributed by atoms with E-state index in [9.17, 15) is 0 Å². The molecule has 88 valence electrons. The van der Waals surface area contributed by atoms with Crippen LogP contribution in [0.25, 0.3) is 0 Å². The highest BCUT2D eigenvalue weighted by Crippen LogP contribution is 2.39. The van der Waals surface area contributed by atoms with Gasteiger partial charge in [-0.15, -0.1) is 0 Å². The summed E-state index contributed by atoms with van der Waals surface area (Å²) >= 11 is 0. The summed E-state index contributed by atoms with van der Waals surface area (Å²) in [4.78, 5) is 0. The molecule has 0 aliphatic heterocycles. The molecule has 0 aromatic heterocycles. The summed E-state index contributed by atoms with van der Waals surface area (Å²) in [6.07, 6.45) is 4.83. The van der Waals surface area contributed by atoms with E-state index in [1.165, 1.54) is 19.3 Å². The van der Waals surface area contributed by atoms with Gasteiger partial charge in [0.05, 0.1) is 0 Å². The van der Waals surface area contributed by atoms with Crippen LogP contribution >= 0.6 is 0 Å². The Kier molecular flexibility index (Phi) is 3.83. The molecule has 1 aliphatic rings. The van der Waals surface area contributed by atoms with Gasteiger partial charge in [-0.2, -0.15) is 0 Å². The first kappa shape index (κ1) is 11.5. The van der Waals surface area contributed by atoms with Crippen molar-refractivity contribution in [1.82, 2.24) is 5.32 Å². The van der Waals surface area contributed by atoms with Crippen LogP contribution in [0.5, 0.6) is 5.75 Å². The molecule has 1 aromatic rings. The molecule has 2 nitrogen and oxygen atoms in total. The van der Waals surface area contributed by atoms with E-state index in [2.05, 4.69) is 12.2 Å². The van der Waals surface area contributed by atoms with Crippen molar-refractivity contribution in [3.05, 3.63) is 30.3 Å². The number of benzene rings is 1. The maximum absolute atomic E-state index is 6.14. The van der Waals surface area contributed by atoms with Crippen LogP contribution in [0.1, 0.15) is 32.6 Å². The molecule has 1 N–H and O–H groups in total. The first-order valence-electron chi connectivity index (χ1n) is 6.29. The van der Waals surface area contributed by atoms with E-state index < -0.39 is 0 Å². The Morgan fingerprint density at radius 2 is 2.00 bits per heavy atom. The quantitative estimate of drug-likeness (QED) is 0.743. The number of rotatable bonds is 6. The summed E-state index contributed by atoms with van der Waals surface area (Å²) < 4.78 is 6.14. The van der Waals surface area contributed by atoms with Gasteiger partial charge in [0.2, 0.25) is 0 Å². The lowest BCUT2D eigenvalue weighted by Crippen LogP contribution is -2.45. The zero-order valence-corrected chi connectivity index (χ0v) is 10.0. The largest absolute Gasteiger partial charge is 0.487 e. The molecule has 1 fully saturated rings. The second-order valence-electron chi connectivity index (χ2n) is 4.56. The minimum Gasteiger partial charge on any atom is -0.487 e. The summed E-state index contributed by atoms with van der Waals surface area (Å²) in [7, 11) is 0. The van der Waals surface area contributed by atoms with Gasteiger partial charge < -0.3 is 10.1 Å². The molecule has 1 aromatic carbocycles. The monoisotopic (exact) mass is 219 g/mol. The zero-order valence-electron chi connectivity index (χ0n) is 10.0. The third kappa shape index (κ3) is 2.76. The van der Waals surface area contributed by atoms with E-state index in [1.54, 1.807) is 0 Å². The normalized spacial score (nSPS) is 17.8. The third-order valence-corrected chi connectivity index (χ3v) is 3.35. The minimum absolute atomic E-state index is 0.115. The summed E-state index contributed by atoms with van der Waals surface area (Å²) in [5.41, 5.74) is 0.115. The van der Waals surface area contributed by atoms with Crippen LogP contribution in [0, 0.1) is 0 Å². The zero-order chi connectivity index (χ0) is 11.3. The minimum atomic E-state index is 0.115. The van der Waals surface area contributed by atoms with Gasteiger partial charge in [-0.25, -0.2) is 0 Å². The van der Waals surface area contributed by atoms with Crippen LogP contribution in [0.2, 0.25) is 0 Å². The highest BCUT2D eigenvalue weighted by atomic mass is 16.5. The first-order valence-corrected chi connectivity index (χ1v) is 6.29. The Morgan fingerprint density at radius 1 is 1.25 bits per heavy atom. The Labute approximate surface area is 98.0 Å². The summed E-state index contributed by atoms with van der Waals surface area (Å²) in [5, 5.41) is 3.38. The summed E-state index contributed by atoms with van der Waals surface area (Å²) in [5.74, 6) is 1.01. The highest BCUT2D eigenvalue weighted by Gasteiger charge is 2.38. The van der Waals surface area contributed by atoms with Crippen LogP contribution in [-0.2, 0) is 0 Å². The fraction of sp³-hybridized carbons (Fsp3) is 0.571. The lowest BCUT2D eigenvalue weighted by Gasteiger charge is -2.42. The lowest BCUT2D eigenvalue weighted by atomic mass is 9.77. The molecular formula is C14H21NO. The van der Waals surface area contributed by atoms with E-state index >= 15 is 0 Å². The number of ether oxygens (including phenoxy) is 1. The lowest BCUT2D eigenvalue weighted by molar-refractivity contribution is -0.0141. The average molecular weight is 219 g/mol. The molecule has 1 aliphatic carbocycles. The van der Waals surface area contributed by atoms with E-state index in [-0.39, 0.29) is 5.60 Å². The number of hydrogen-bond acceptors (Lipinski definition) is 2. The van der Waals surface area contributed by atoms with Crippen molar-refractivity contribution in [2.45, 2.75) is 38.2 Å². The standard InChI is InChI=1S/C14H21NO/c1-2-15-12-11-14(9-6-10-14)16-13-7-4-3-5-8-13/h3-5,7-8,15H,2,6,9-12H2,1H3. The van der Waals surface area contributed by atoms with Gasteiger partial charge in [0.1, 0.15) is 11.4 Å². The fourth-order valence-corrected chi connectivity index (χ4v) is 2.21. The van der Waals surface area contributed by atoms with Crippen molar-refractivity contribution < 1.29 is 4.74 Å². The predicted octanol–water partition coefficient (Wildman–Crippen LogP) is 2.99. The molecule has 0 radical (unpaired) electrons. The molecule has 0 atom stereocenters. The van der Waals surface area contributed by atoms with Gasteiger partial charge in [0.25, 0.3) is 0 Å². The highest BCUT2D eigenvalue weighted by molar-refractivity contribution is 5.22. The SMILES string of the molecule is CCNCCC1(Oc2ccccc2)CCC1. The maximum Gasteiger partial charge on any atom is 0.120 e. The van der Waals surface area contributed by atoms with Crippen molar-refractivity contribution in [1.29, 1.82) is 0 Å². The second-order valence-corrected chi connectivity index (χ2v) is 4.56. The van der Waals surface area contributed by atoms with Crippen LogP contribution < -0.4 is 10.1 Å². The Bertz CT molecular complexity index is 306. The number of hydrogen-bond donors (Lipinski definition) is 1. The predicted molar refractivity (Wildman–Crippen MR) is 66.8 cm³/mol. The maximum atomic E-state index is 6.14. The topological polar surface area (TPSA) is 21.3 Å². The van der Waals surface area contributed by atoms with Crippen LogP contribution in [-0.4, -0.2) is 18.7 Å². The van der Waals surface area contributed by atoms with Crippen LogP contribution in [0.3, 0.4) is 0 Å². The van der Waals surface area contributed by atoms with Gasteiger partial charge in [0, 0.05) is 0 Å². The van der Waals surface area contributed by atoms with E-state index in [4.69, 9.17) is 4.74 Å². The van der Waals surface area contributed by atoms with Crippen molar-refractivity contribution in [2.24, 2.45) is 0 Å². The van der Waals surface area contributed by atoms with E-state index in [0.29, 0.717) is 0 Å². The average Bonchev–Trinajstić information content (AvgIpc) is 2.27. The molecule has 2 heteroatoms. The third-order valence-electron chi connectivity index (χ3n) is 3.35. The molecule has 0 heterocycles. The van der Waals surface area contributed by atoms with E-state index in [1.807, 2.05) is 30.3 Å². The first-order chi connectivity index (χ1) is 7.85. The molecule has 1 saturated carbocycles. The van der Waals surface area contributed by atoms with Crippen molar-refractivity contribution >= 4 is 0 Å². The molecule has 0 unspecified atom stereocenters. The van der Waals surface area contributed by atoms with E-state index in [0.717, 1.165) is 25.3 Å². The molecule has 2 rings (SSSR count). The van der Waals surface area contributed by atoms with Gasteiger partial charge >= 0.3 is 0 Å². The molecule has 0 amide bonds. The fourth-order valence-electron chi connectivity index (χ4n) is 2.21. The Morgan fingerprint density at radius 3 is 2.56 bits per heavy atom. The number of nitrogens with one attached hydrogen (secondary N) is 1. The molecule has 16 heavy (non-hydrogen) atoms. The van der Waals surface area contributed by atoms with Crippen molar-refractivity contribution in [3.63, 3.8) is 0 Å². The van der Waals surface area contributed by atoms with Crippen molar-refractivity contribution in [3.8, 4) is 5.75 Å². The smallest absolute Gasteiger partial charge is 0.120 e. The van der Waals surface area contributed by atoms with Gasteiger partial charge in [-0.1, -0.05) is 25.1 Å². The molecule has 0 saturated heterocycles. The Balaban J connectivity index is 1.89. The van der Waals surface area contributed by atoms with Crippen LogP contribution in [0.15, 0.2) is 30.3 Å². The van der Waals surface area contributed by atoms with Gasteiger partial charge in [-0.05, 0) is 50.9 Å². The summed E-state index contributed by atoms with van der Waals surface area (Å²) in [6.45, 7) is 4.25. The Hall–Kier alpha value is -1.02. The summed E-state index contributed by atoms with van der Waals surface area (Å²) in [6, 6.07) is 10.2.